The van der Waals surface area contributed by atoms with E-state index in [-0.39, 0.29) is 22.2 Å². The number of anilines is 1. The van der Waals surface area contributed by atoms with Gasteiger partial charge in [-0.2, -0.15) is 0 Å². The molecule has 2 aromatic carbocycles. The van der Waals surface area contributed by atoms with E-state index < -0.39 is 10.8 Å². The molecule has 0 unspecified atom stereocenters. The summed E-state index contributed by atoms with van der Waals surface area (Å²) >= 11 is 11.7. The van der Waals surface area contributed by atoms with Gasteiger partial charge in [0, 0.05) is 21.7 Å². The molecule has 1 heterocycles. The number of carbonyl (C=O) groups is 1. The minimum Gasteiger partial charge on any atom is -0.451 e. The Balaban J connectivity index is 1.85. The van der Waals surface area contributed by atoms with Crippen LogP contribution in [0.15, 0.2) is 59.0 Å². The summed E-state index contributed by atoms with van der Waals surface area (Å²) in [6.07, 6.45) is 0. The molecule has 0 aliphatic rings. The molecule has 0 atom stereocenters. The van der Waals surface area contributed by atoms with Crippen LogP contribution in [0.25, 0.3) is 11.3 Å². The molecule has 0 radical (unpaired) electrons. The molecule has 0 saturated heterocycles. The average Bonchev–Trinajstić information content (AvgIpc) is 3.06. The average molecular weight is 377 g/mol. The lowest BCUT2D eigenvalue weighted by Crippen LogP contribution is -2.12. The Morgan fingerprint density at radius 1 is 1.04 bits per heavy atom. The van der Waals surface area contributed by atoms with Crippen molar-refractivity contribution in [2.45, 2.75) is 0 Å². The Kier molecular flexibility index (Phi) is 4.74. The van der Waals surface area contributed by atoms with Crippen LogP contribution in [-0.2, 0) is 0 Å². The van der Waals surface area contributed by atoms with Crippen LogP contribution in [0.5, 0.6) is 0 Å². The molecule has 1 amide bonds. The fourth-order valence-corrected chi connectivity index (χ4v) is 2.56. The number of hydrogen-bond donors (Lipinski definition) is 1. The smallest absolute Gasteiger partial charge is 0.294 e. The zero-order valence-electron chi connectivity index (χ0n) is 12.5. The van der Waals surface area contributed by atoms with Crippen molar-refractivity contribution in [1.82, 2.24) is 0 Å². The lowest BCUT2D eigenvalue weighted by Gasteiger charge is -2.04. The number of nitrogens with one attached hydrogen (secondary N) is 1. The fraction of sp³-hybridized carbons (Fsp3) is 0. The number of amides is 1. The number of nitro groups is 1. The third kappa shape index (κ3) is 3.81. The molecule has 8 heteroatoms. The number of nitro benzene ring substituents is 1. The van der Waals surface area contributed by atoms with Crippen molar-refractivity contribution in [1.29, 1.82) is 0 Å². The molecule has 1 aromatic heterocycles. The van der Waals surface area contributed by atoms with E-state index >= 15 is 0 Å². The maximum atomic E-state index is 12.3. The van der Waals surface area contributed by atoms with Gasteiger partial charge >= 0.3 is 0 Å². The first-order chi connectivity index (χ1) is 11.9. The molecular weight excluding hydrogens is 367 g/mol. The fourth-order valence-electron chi connectivity index (χ4n) is 2.20. The Morgan fingerprint density at radius 3 is 2.52 bits per heavy atom. The summed E-state index contributed by atoms with van der Waals surface area (Å²) in [5.41, 5.74) is 0.437. The quantitative estimate of drug-likeness (QED) is 0.486. The molecule has 0 spiro atoms. The molecule has 126 valence electrons. The number of rotatable bonds is 4. The van der Waals surface area contributed by atoms with E-state index in [2.05, 4.69) is 5.32 Å². The van der Waals surface area contributed by atoms with Gasteiger partial charge in [0.05, 0.1) is 4.92 Å². The van der Waals surface area contributed by atoms with Crippen LogP contribution in [0.2, 0.25) is 10.0 Å². The SMILES string of the molecule is O=C(Nc1ccc(Cl)cc1[N+](=O)[O-])c1ccc(-c2cccc(Cl)c2)o1. The first-order valence-corrected chi connectivity index (χ1v) is 7.81. The van der Waals surface area contributed by atoms with E-state index in [9.17, 15) is 14.9 Å². The van der Waals surface area contributed by atoms with Crippen LogP contribution in [0, 0.1) is 10.1 Å². The molecule has 6 nitrogen and oxygen atoms in total. The molecule has 3 aromatic rings. The van der Waals surface area contributed by atoms with Crippen molar-refractivity contribution < 1.29 is 14.1 Å². The number of benzene rings is 2. The second-order valence-electron chi connectivity index (χ2n) is 5.05. The second-order valence-corrected chi connectivity index (χ2v) is 5.92. The number of carbonyl (C=O) groups excluding carboxylic acids is 1. The standard InChI is InChI=1S/C17H10Cl2N2O4/c18-11-3-1-2-10(8-11)15-6-7-16(25-15)17(22)20-13-5-4-12(19)9-14(13)21(23)24/h1-9H,(H,20,22). The van der Waals surface area contributed by atoms with Gasteiger partial charge in [0.15, 0.2) is 5.76 Å². The molecule has 0 aliphatic carbocycles. The van der Waals surface area contributed by atoms with Gasteiger partial charge in [-0.3, -0.25) is 14.9 Å². The van der Waals surface area contributed by atoms with E-state index in [0.717, 1.165) is 6.07 Å². The van der Waals surface area contributed by atoms with E-state index in [1.165, 1.54) is 18.2 Å². The number of hydrogen-bond acceptors (Lipinski definition) is 4. The normalized spacial score (nSPS) is 10.5. The Hall–Kier alpha value is -2.83. The van der Waals surface area contributed by atoms with Crippen LogP contribution < -0.4 is 5.32 Å². The topological polar surface area (TPSA) is 85.4 Å². The van der Waals surface area contributed by atoms with E-state index in [4.69, 9.17) is 27.6 Å². The largest absolute Gasteiger partial charge is 0.451 e. The minimum atomic E-state index is -0.624. The van der Waals surface area contributed by atoms with Crippen molar-refractivity contribution >= 4 is 40.5 Å². The first kappa shape index (κ1) is 17.0. The number of furan rings is 1. The lowest BCUT2D eigenvalue weighted by atomic mass is 10.2. The van der Waals surface area contributed by atoms with Crippen LogP contribution in [0.3, 0.4) is 0 Å². The van der Waals surface area contributed by atoms with Crippen molar-refractivity contribution in [3.63, 3.8) is 0 Å². The molecule has 3 rings (SSSR count). The lowest BCUT2D eigenvalue weighted by molar-refractivity contribution is -0.383. The van der Waals surface area contributed by atoms with Crippen LogP contribution in [0.1, 0.15) is 10.6 Å². The number of nitrogens with zero attached hydrogens (tertiary/aromatic N) is 1. The zero-order valence-corrected chi connectivity index (χ0v) is 14.0. The molecule has 25 heavy (non-hydrogen) atoms. The Labute approximate surface area is 152 Å². The highest BCUT2D eigenvalue weighted by molar-refractivity contribution is 6.31. The minimum absolute atomic E-state index is 0.0132. The van der Waals surface area contributed by atoms with E-state index in [1.54, 1.807) is 30.3 Å². The van der Waals surface area contributed by atoms with E-state index in [1.807, 2.05) is 0 Å². The van der Waals surface area contributed by atoms with Gasteiger partial charge in [-0.1, -0.05) is 35.3 Å². The summed E-state index contributed by atoms with van der Waals surface area (Å²) in [7, 11) is 0. The van der Waals surface area contributed by atoms with Crippen molar-refractivity contribution in [2.75, 3.05) is 5.32 Å². The van der Waals surface area contributed by atoms with E-state index in [0.29, 0.717) is 16.3 Å². The van der Waals surface area contributed by atoms with Crippen molar-refractivity contribution in [3.05, 3.63) is 80.5 Å². The maximum Gasteiger partial charge on any atom is 0.294 e. The summed E-state index contributed by atoms with van der Waals surface area (Å²) in [5.74, 6) is -0.142. The maximum absolute atomic E-state index is 12.3. The zero-order chi connectivity index (χ0) is 18.0. The summed E-state index contributed by atoms with van der Waals surface area (Å²) in [6, 6.07) is 14.0. The predicted molar refractivity (Wildman–Crippen MR) is 95.2 cm³/mol. The highest BCUT2D eigenvalue weighted by atomic mass is 35.5. The summed E-state index contributed by atoms with van der Waals surface area (Å²) in [6.45, 7) is 0. The van der Waals surface area contributed by atoms with Gasteiger partial charge in [-0.05, 0) is 36.4 Å². The third-order valence-electron chi connectivity index (χ3n) is 3.34. The van der Waals surface area contributed by atoms with Gasteiger partial charge < -0.3 is 9.73 Å². The molecule has 1 N–H and O–H groups in total. The molecule has 0 bridgehead atoms. The highest BCUT2D eigenvalue weighted by Crippen LogP contribution is 2.29. The van der Waals surface area contributed by atoms with Crippen LogP contribution in [-0.4, -0.2) is 10.8 Å². The molecule has 0 saturated carbocycles. The van der Waals surface area contributed by atoms with Crippen molar-refractivity contribution in [2.24, 2.45) is 0 Å². The molecule has 0 aliphatic heterocycles. The highest BCUT2D eigenvalue weighted by Gasteiger charge is 2.19. The summed E-state index contributed by atoms with van der Waals surface area (Å²) in [5, 5.41) is 14.3. The van der Waals surface area contributed by atoms with Gasteiger partial charge in [-0.25, -0.2) is 0 Å². The number of halogens is 2. The summed E-state index contributed by atoms with van der Waals surface area (Å²) < 4.78 is 5.52. The van der Waals surface area contributed by atoms with Gasteiger partial charge in [0.2, 0.25) is 0 Å². The van der Waals surface area contributed by atoms with Gasteiger partial charge in [0.25, 0.3) is 11.6 Å². The Morgan fingerprint density at radius 2 is 1.80 bits per heavy atom. The first-order valence-electron chi connectivity index (χ1n) is 7.05. The van der Waals surface area contributed by atoms with Crippen LogP contribution >= 0.6 is 23.2 Å². The van der Waals surface area contributed by atoms with Crippen LogP contribution in [0.4, 0.5) is 11.4 Å². The monoisotopic (exact) mass is 376 g/mol. The Bertz CT molecular complexity index is 969. The summed E-state index contributed by atoms with van der Waals surface area (Å²) in [4.78, 5) is 22.7. The molecular formula is C17H10Cl2N2O4. The van der Waals surface area contributed by atoms with Crippen molar-refractivity contribution in [3.8, 4) is 11.3 Å². The van der Waals surface area contributed by atoms with Gasteiger partial charge in [0.1, 0.15) is 11.4 Å². The molecule has 0 fully saturated rings. The second kappa shape index (κ2) is 6.96. The third-order valence-corrected chi connectivity index (χ3v) is 3.81. The predicted octanol–water partition coefficient (Wildman–Crippen LogP) is 5.41. The van der Waals surface area contributed by atoms with Gasteiger partial charge in [-0.15, -0.1) is 0 Å².